The number of nitrogens with one attached hydrogen (secondary N) is 1. The van der Waals surface area contributed by atoms with Crippen LogP contribution >= 0.6 is 0 Å². The van der Waals surface area contributed by atoms with Gasteiger partial charge in [0.1, 0.15) is 0 Å². The van der Waals surface area contributed by atoms with Crippen molar-refractivity contribution < 1.29 is 32.2 Å². The number of fused-ring (bicyclic) bond motifs is 1. The largest absolute Gasteiger partial charge is 0.454 e. The molecule has 198 valence electrons. The van der Waals surface area contributed by atoms with Crippen molar-refractivity contribution in [3.8, 4) is 11.5 Å². The van der Waals surface area contributed by atoms with Crippen LogP contribution < -0.4 is 14.8 Å². The van der Waals surface area contributed by atoms with Crippen LogP contribution in [-0.4, -0.2) is 53.2 Å². The molecule has 1 spiro atoms. The normalized spacial score (nSPS) is 20.8. The minimum absolute atomic E-state index is 0.0699. The van der Waals surface area contributed by atoms with Gasteiger partial charge in [0.25, 0.3) is 5.91 Å². The molecule has 1 N–H and O–H groups in total. The molecule has 0 aromatic heterocycles. The Morgan fingerprint density at radius 1 is 1.11 bits per heavy atom. The van der Waals surface area contributed by atoms with Crippen molar-refractivity contribution in [3.63, 3.8) is 0 Å². The minimum Gasteiger partial charge on any atom is -0.454 e. The topological polar surface area (TPSA) is 71.1 Å². The van der Waals surface area contributed by atoms with E-state index in [1.807, 2.05) is 13.8 Å². The number of alkyl halides is 3. The van der Waals surface area contributed by atoms with E-state index in [1.165, 1.54) is 6.07 Å². The van der Waals surface area contributed by atoms with E-state index in [4.69, 9.17) is 9.47 Å². The average molecular weight is 518 g/mol. The lowest BCUT2D eigenvalue weighted by Crippen LogP contribution is -2.59. The highest BCUT2D eigenvalue weighted by molar-refractivity contribution is 5.95. The average Bonchev–Trinajstić information content (AvgIpc) is 3.42. The van der Waals surface area contributed by atoms with Crippen LogP contribution in [-0.2, 0) is 17.5 Å². The van der Waals surface area contributed by atoms with Gasteiger partial charge in [-0.3, -0.25) is 14.9 Å². The number of nitrogens with zero attached hydrogens (tertiary/aromatic N) is 2. The van der Waals surface area contributed by atoms with Crippen LogP contribution in [0.3, 0.4) is 0 Å². The Balaban J connectivity index is 1.35. The van der Waals surface area contributed by atoms with Crippen LogP contribution in [0.1, 0.15) is 54.6 Å². The Morgan fingerprint density at radius 2 is 1.84 bits per heavy atom. The first kappa shape index (κ1) is 25.4. The van der Waals surface area contributed by atoms with Gasteiger partial charge in [0.2, 0.25) is 12.7 Å². The summed E-state index contributed by atoms with van der Waals surface area (Å²) in [6, 6.07) is 9.80. The molecule has 0 bridgehead atoms. The lowest BCUT2D eigenvalue weighted by atomic mass is 9.94. The maximum Gasteiger partial charge on any atom is 0.416 e. The predicted molar refractivity (Wildman–Crippen MR) is 129 cm³/mol. The smallest absolute Gasteiger partial charge is 0.416 e. The van der Waals surface area contributed by atoms with Crippen molar-refractivity contribution in [2.75, 3.05) is 19.9 Å². The number of carbonyl (C=O) groups excluding carboxylic acids is 2. The van der Waals surface area contributed by atoms with Crippen molar-refractivity contribution in [1.82, 2.24) is 15.1 Å². The molecule has 1 atom stereocenters. The molecule has 0 unspecified atom stereocenters. The van der Waals surface area contributed by atoms with Crippen LogP contribution in [0, 0.1) is 5.92 Å². The number of carbonyl (C=O) groups is 2. The molecule has 3 aliphatic rings. The van der Waals surface area contributed by atoms with E-state index in [1.54, 1.807) is 34.1 Å². The molecule has 7 nitrogen and oxygen atoms in total. The lowest BCUT2D eigenvalue weighted by Gasteiger charge is -2.44. The molecule has 0 aliphatic carbocycles. The summed E-state index contributed by atoms with van der Waals surface area (Å²) in [6.45, 7) is 5.06. The summed E-state index contributed by atoms with van der Waals surface area (Å²) < 4.78 is 50.6. The molecule has 2 aromatic rings. The first-order chi connectivity index (χ1) is 17.6. The first-order valence-corrected chi connectivity index (χ1v) is 12.5. The summed E-state index contributed by atoms with van der Waals surface area (Å²) in [5.41, 5.74) is -0.541. The quantitative estimate of drug-likeness (QED) is 0.636. The number of piperidine rings is 1. The Hall–Kier alpha value is -3.27. The number of amides is 2. The van der Waals surface area contributed by atoms with Crippen molar-refractivity contribution in [3.05, 3.63) is 59.2 Å². The van der Waals surface area contributed by atoms with Gasteiger partial charge in [-0.05, 0) is 48.2 Å². The molecule has 2 aromatic carbocycles. The van der Waals surface area contributed by atoms with Gasteiger partial charge >= 0.3 is 6.18 Å². The van der Waals surface area contributed by atoms with E-state index in [-0.39, 0.29) is 31.1 Å². The molecule has 2 fully saturated rings. The van der Waals surface area contributed by atoms with Gasteiger partial charge < -0.3 is 19.3 Å². The second-order valence-electron chi connectivity index (χ2n) is 10.3. The van der Waals surface area contributed by atoms with Crippen LogP contribution in [0.4, 0.5) is 13.2 Å². The molecular formula is C27H30F3N3O4. The molecule has 0 saturated carbocycles. The number of rotatable bonds is 5. The number of hydrogen-bond donors (Lipinski definition) is 1. The second kappa shape index (κ2) is 9.55. The molecule has 3 aliphatic heterocycles. The zero-order chi connectivity index (χ0) is 26.4. The van der Waals surface area contributed by atoms with Crippen LogP contribution in [0.15, 0.2) is 42.5 Å². The molecule has 3 heterocycles. The molecule has 5 rings (SSSR count). The van der Waals surface area contributed by atoms with Gasteiger partial charge in [-0.2, -0.15) is 13.2 Å². The summed E-state index contributed by atoms with van der Waals surface area (Å²) in [7, 11) is 0. The molecule has 2 amide bonds. The van der Waals surface area contributed by atoms with Gasteiger partial charge in [-0.25, -0.2) is 0 Å². The third-order valence-corrected chi connectivity index (χ3v) is 7.32. The van der Waals surface area contributed by atoms with Crippen molar-refractivity contribution >= 4 is 11.8 Å². The molecule has 0 radical (unpaired) electrons. The SMILES string of the molecule is CC(C)C[C@H]1NC2(CCN(C(=O)c3ccc4c(c3)OCO4)CC2)N(Cc2cccc(C(F)(F)F)c2)C1=O. The highest BCUT2D eigenvalue weighted by atomic mass is 19.4. The summed E-state index contributed by atoms with van der Waals surface area (Å²) in [6.07, 6.45) is -2.88. The van der Waals surface area contributed by atoms with E-state index >= 15 is 0 Å². The number of hydrogen-bond acceptors (Lipinski definition) is 5. The molecule has 10 heteroatoms. The zero-order valence-electron chi connectivity index (χ0n) is 20.8. The van der Waals surface area contributed by atoms with Gasteiger partial charge in [-0.15, -0.1) is 0 Å². The minimum atomic E-state index is -4.46. The predicted octanol–water partition coefficient (Wildman–Crippen LogP) is 4.41. The maximum absolute atomic E-state index is 13.5. The van der Waals surface area contributed by atoms with E-state index in [0.29, 0.717) is 55.0 Å². The van der Waals surface area contributed by atoms with E-state index in [0.717, 1.165) is 12.1 Å². The van der Waals surface area contributed by atoms with Crippen LogP contribution in [0.2, 0.25) is 0 Å². The number of benzene rings is 2. The monoisotopic (exact) mass is 517 g/mol. The van der Waals surface area contributed by atoms with Gasteiger partial charge in [0.15, 0.2) is 11.5 Å². The van der Waals surface area contributed by atoms with Crippen molar-refractivity contribution in [2.24, 2.45) is 5.92 Å². The van der Waals surface area contributed by atoms with Crippen molar-refractivity contribution in [1.29, 1.82) is 0 Å². The van der Waals surface area contributed by atoms with Gasteiger partial charge in [-0.1, -0.05) is 26.0 Å². The van der Waals surface area contributed by atoms with Gasteiger partial charge in [0.05, 0.1) is 17.3 Å². The van der Waals surface area contributed by atoms with Gasteiger partial charge in [0, 0.05) is 38.0 Å². The summed E-state index contributed by atoms with van der Waals surface area (Å²) in [4.78, 5) is 30.1. The summed E-state index contributed by atoms with van der Waals surface area (Å²) in [5, 5.41) is 3.52. The van der Waals surface area contributed by atoms with E-state index in [2.05, 4.69) is 5.32 Å². The fraction of sp³-hybridized carbons (Fsp3) is 0.481. The van der Waals surface area contributed by atoms with Crippen LogP contribution in [0.5, 0.6) is 11.5 Å². The highest BCUT2D eigenvalue weighted by Gasteiger charge is 2.51. The van der Waals surface area contributed by atoms with Crippen molar-refractivity contribution in [2.45, 2.75) is 57.5 Å². The fourth-order valence-corrected chi connectivity index (χ4v) is 5.46. The summed E-state index contributed by atoms with van der Waals surface area (Å²) in [5.74, 6) is 1.15. The zero-order valence-corrected chi connectivity index (χ0v) is 20.8. The van der Waals surface area contributed by atoms with E-state index < -0.39 is 23.4 Å². The van der Waals surface area contributed by atoms with E-state index in [9.17, 15) is 22.8 Å². The molecule has 37 heavy (non-hydrogen) atoms. The Labute approximate surface area is 213 Å². The Kier molecular flexibility index (Phi) is 6.55. The third-order valence-electron chi connectivity index (χ3n) is 7.32. The molecular weight excluding hydrogens is 487 g/mol. The highest BCUT2D eigenvalue weighted by Crippen LogP contribution is 2.38. The number of likely N-dealkylation sites (tertiary alicyclic amines) is 1. The third kappa shape index (κ3) is 4.99. The number of ether oxygens (including phenoxy) is 2. The summed E-state index contributed by atoms with van der Waals surface area (Å²) >= 11 is 0. The fourth-order valence-electron chi connectivity index (χ4n) is 5.46. The first-order valence-electron chi connectivity index (χ1n) is 12.5. The maximum atomic E-state index is 13.5. The number of halogens is 3. The second-order valence-corrected chi connectivity index (χ2v) is 10.3. The Morgan fingerprint density at radius 3 is 2.54 bits per heavy atom. The van der Waals surface area contributed by atoms with Crippen LogP contribution in [0.25, 0.3) is 0 Å². The lowest BCUT2D eigenvalue weighted by molar-refractivity contribution is -0.137. The standard InChI is InChI=1S/C27H30F3N3O4/c1-17(2)12-21-25(35)33(15-18-4-3-5-20(13-18)27(28,29)30)26(31-21)8-10-32(11-9-26)24(34)19-6-7-22-23(14-19)37-16-36-22/h3-7,13-14,17,21,31H,8-12,15-16H2,1-2H3/t21-/m1/s1. The Bertz CT molecular complexity index is 1190. The molecule has 2 saturated heterocycles.